The monoisotopic (exact) mass is 431 g/mol. The summed E-state index contributed by atoms with van der Waals surface area (Å²) in [6, 6.07) is 0.938. The molecular weight excluding hydrogens is 409 g/mol. The van der Waals surface area contributed by atoms with Crippen molar-refractivity contribution in [2.75, 3.05) is 0 Å². The summed E-state index contributed by atoms with van der Waals surface area (Å²) < 4.78 is 66.7. The lowest BCUT2D eigenvalue weighted by Gasteiger charge is -2.31. The van der Waals surface area contributed by atoms with Crippen LogP contribution in [0.4, 0.5) is 22.0 Å². The van der Waals surface area contributed by atoms with Crippen molar-refractivity contribution in [3.05, 3.63) is 29.7 Å². The van der Waals surface area contributed by atoms with Gasteiger partial charge in [-0.3, -0.25) is 4.79 Å². The first-order valence-electron chi connectivity index (χ1n) is 9.87. The first-order valence-corrected chi connectivity index (χ1v) is 9.87. The lowest BCUT2D eigenvalue weighted by Crippen LogP contribution is -2.38. The van der Waals surface area contributed by atoms with E-state index in [0.29, 0.717) is 29.9 Å². The van der Waals surface area contributed by atoms with Gasteiger partial charge in [0.2, 0.25) is 11.8 Å². The van der Waals surface area contributed by atoms with Crippen molar-refractivity contribution in [3.63, 3.8) is 0 Å². The van der Waals surface area contributed by atoms with Crippen molar-refractivity contribution in [1.82, 2.24) is 19.9 Å². The zero-order chi connectivity index (χ0) is 21.7. The van der Waals surface area contributed by atoms with E-state index in [9.17, 15) is 26.7 Å². The molecule has 3 atom stereocenters. The normalized spacial score (nSPS) is 26.1. The highest BCUT2D eigenvalue weighted by Crippen LogP contribution is 2.40. The molecule has 0 unspecified atom stereocenters. The highest BCUT2D eigenvalue weighted by Gasteiger charge is 2.47. The Labute approximate surface area is 169 Å². The number of imidazole rings is 1. The molecule has 3 N–H and O–H groups in total. The molecule has 1 aliphatic heterocycles. The minimum absolute atomic E-state index is 0.0750. The van der Waals surface area contributed by atoms with Gasteiger partial charge in [-0.25, -0.2) is 18.3 Å². The molecule has 1 saturated carbocycles. The molecule has 3 heterocycles. The maximum atomic E-state index is 13.4. The number of hydrogen-bond donors (Lipinski definition) is 2. The summed E-state index contributed by atoms with van der Waals surface area (Å²) in [6.45, 7) is 0. The average molecular weight is 431 g/mol. The fraction of sp³-hybridized carbons (Fsp3) is 0.632. The SMILES string of the molecule is N[C@H](c1cn2nc(C[C@@H]3C[C@@H](C(F)(F)F)NC3=O)ccc2n1)C1CCC(F)(F)CC1. The Hall–Kier alpha value is -2.30. The van der Waals surface area contributed by atoms with Gasteiger partial charge in [0.1, 0.15) is 6.04 Å². The minimum Gasteiger partial charge on any atom is -0.344 e. The third kappa shape index (κ3) is 4.26. The van der Waals surface area contributed by atoms with Crippen molar-refractivity contribution < 1.29 is 26.7 Å². The third-order valence-corrected chi connectivity index (χ3v) is 6.06. The van der Waals surface area contributed by atoms with Gasteiger partial charge in [-0.15, -0.1) is 0 Å². The van der Waals surface area contributed by atoms with Crippen LogP contribution in [0, 0.1) is 11.8 Å². The summed E-state index contributed by atoms with van der Waals surface area (Å²) in [5.41, 5.74) is 7.74. The van der Waals surface area contributed by atoms with E-state index in [-0.39, 0.29) is 31.6 Å². The van der Waals surface area contributed by atoms with Crippen LogP contribution in [0.2, 0.25) is 0 Å². The summed E-state index contributed by atoms with van der Waals surface area (Å²) in [6.07, 6.45) is -2.85. The van der Waals surface area contributed by atoms with E-state index in [4.69, 9.17) is 5.73 Å². The maximum absolute atomic E-state index is 13.4. The predicted molar refractivity (Wildman–Crippen MR) is 96.6 cm³/mol. The van der Waals surface area contributed by atoms with Crippen LogP contribution in [0.1, 0.15) is 49.5 Å². The Bertz CT molecular complexity index is 933. The predicted octanol–water partition coefficient (Wildman–Crippen LogP) is 3.16. The number of hydrogen-bond acceptors (Lipinski definition) is 4. The number of nitrogens with zero attached hydrogens (tertiary/aromatic N) is 3. The molecule has 2 aliphatic rings. The van der Waals surface area contributed by atoms with Crippen LogP contribution in [0.5, 0.6) is 0 Å². The Kier molecular flexibility index (Phi) is 5.19. The van der Waals surface area contributed by atoms with Gasteiger partial charge in [0, 0.05) is 25.2 Å². The molecule has 4 rings (SSSR count). The van der Waals surface area contributed by atoms with E-state index in [2.05, 4.69) is 10.1 Å². The second kappa shape index (κ2) is 7.44. The number of carbonyl (C=O) groups excluding carboxylic acids is 1. The molecule has 11 heteroatoms. The van der Waals surface area contributed by atoms with Gasteiger partial charge >= 0.3 is 6.18 Å². The van der Waals surface area contributed by atoms with Crippen molar-refractivity contribution >= 4 is 11.6 Å². The molecule has 1 aliphatic carbocycles. The van der Waals surface area contributed by atoms with Gasteiger partial charge in [-0.2, -0.15) is 18.3 Å². The van der Waals surface area contributed by atoms with Crippen molar-refractivity contribution in [3.8, 4) is 0 Å². The van der Waals surface area contributed by atoms with Crippen LogP contribution in [0.15, 0.2) is 18.3 Å². The molecule has 164 valence electrons. The van der Waals surface area contributed by atoms with Crippen LogP contribution < -0.4 is 11.1 Å². The van der Waals surface area contributed by atoms with E-state index >= 15 is 0 Å². The summed E-state index contributed by atoms with van der Waals surface area (Å²) in [5.74, 6) is -4.18. The molecule has 1 amide bonds. The first-order chi connectivity index (χ1) is 14.0. The molecule has 0 bridgehead atoms. The summed E-state index contributed by atoms with van der Waals surface area (Å²) in [7, 11) is 0. The molecule has 30 heavy (non-hydrogen) atoms. The van der Waals surface area contributed by atoms with Gasteiger partial charge in [0.25, 0.3) is 0 Å². The number of halogens is 5. The van der Waals surface area contributed by atoms with Crippen molar-refractivity contribution in [1.29, 1.82) is 0 Å². The number of nitrogens with one attached hydrogen (secondary N) is 1. The van der Waals surface area contributed by atoms with Crippen LogP contribution in [0.3, 0.4) is 0 Å². The standard InChI is InChI=1S/C19H22F5N5O/c20-18(21)5-3-10(4-6-18)16(25)13-9-29-15(26-13)2-1-12(28-29)7-11-8-14(19(22,23)24)27-17(11)30/h1-2,9-11,14,16H,3-8,25H2,(H,27,30)/t11-,14+,16+/m1/s1. The minimum atomic E-state index is -4.47. The van der Waals surface area contributed by atoms with Crippen LogP contribution in [-0.4, -0.2) is 38.6 Å². The van der Waals surface area contributed by atoms with Crippen LogP contribution >= 0.6 is 0 Å². The average Bonchev–Trinajstić information content (AvgIpc) is 3.24. The van der Waals surface area contributed by atoms with E-state index in [1.165, 1.54) is 4.52 Å². The molecule has 0 radical (unpaired) electrons. The summed E-state index contributed by atoms with van der Waals surface area (Å²) >= 11 is 0. The molecular formula is C19H22F5N5O. The highest BCUT2D eigenvalue weighted by molar-refractivity contribution is 5.81. The Morgan fingerprint density at radius 2 is 1.97 bits per heavy atom. The molecule has 6 nitrogen and oxygen atoms in total. The second-order valence-electron chi connectivity index (χ2n) is 8.25. The lowest BCUT2D eigenvalue weighted by molar-refractivity contribution is -0.154. The molecule has 2 aromatic heterocycles. The smallest absolute Gasteiger partial charge is 0.344 e. The number of alkyl halides is 5. The van der Waals surface area contributed by atoms with E-state index in [1.54, 1.807) is 18.3 Å². The number of fused-ring (bicyclic) bond motifs is 1. The highest BCUT2D eigenvalue weighted by atomic mass is 19.4. The molecule has 0 aromatic carbocycles. The number of amides is 1. The van der Waals surface area contributed by atoms with E-state index < -0.39 is 36.0 Å². The van der Waals surface area contributed by atoms with Gasteiger partial charge in [-0.1, -0.05) is 0 Å². The number of rotatable bonds is 4. The molecule has 0 spiro atoms. The van der Waals surface area contributed by atoms with Crippen LogP contribution in [-0.2, 0) is 11.2 Å². The summed E-state index contributed by atoms with van der Waals surface area (Å²) in [5, 5.41) is 6.33. The molecule has 2 aromatic rings. The maximum Gasteiger partial charge on any atom is 0.408 e. The largest absolute Gasteiger partial charge is 0.408 e. The first kappa shape index (κ1) is 21.0. The zero-order valence-electron chi connectivity index (χ0n) is 16.0. The van der Waals surface area contributed by atoms with E-state index in [1.807, 2.05) is 5.32 Å². The number of nitrogens with two attached hydrogens (primary N) is 1. The Morgan fingerprint density at radius 3 is 2.60 bits per heavy atom. The van der Waals surface area contributed by atoms with Gasteiger partial charge in [0.15, 0.2) is 5.65 Å². The van der Waals surface area contributed by atoms with Crippen molar-refractivity contribution in [2.24, 2.45) is 17.6 Å². The Morgan fingerprint density at radius 1 is 1.27 bits per heavy atom. The van der Waals surface area contributed by atoms with Gasteiger partial charge < -0.3 is 11.1 Å². The van der Waals surface area contributed by atoms with Gasteiger partial charge in [-0.05, 0) is 37.3 Å². The van der Waals surface area contributed by atoms with Crippen molar-refractivity contribution in [2.45, 2.75) is 62.7 Å². The number of aromatic nitrogens is 3. The van der Waals surface area contributed by atoms with Gasteiger partial charge in [0.05, 0.1) is 23.6 Å². The zero-order valence-corrected chi connectivity index (χ0v) is 16.0. The fourth-order valence-corrected chi connectivity index (χ4v) is 4.26. The molecule has 1 saturated heterocycles. The lowest BCUT2D eigenvalue weighted by atomic mass is 9.81. The second-order valence-corrected chi connectivity index (χ2v) is 8.25. The number of carbonyl (C=O) groups is 1. The topological polar surface area (TPSA) is 85.3 Å². The van der Waals surface area contributed by atoms with E-state index in [0.717, 1.165) is 0 Å². The molecule has 2 fully saturated rings. The van der Waals surface area contributed by atoms with Crippen LogP contribution in [0.25, 0.3) is 5.65 Å². The third-order valence-electron chi connectivity index (χ3n) is 6.06. The summed E-state index contributed by atoms with van der Waals surface area (Å²) in [4.78, 5) is 16.3. The Balaban J connectivity index is 1.46. The fourth-order valence-electron chi connectivity index (χ4n) is 4.26. The quantitative estimate of drug-likeness (QED) is 0.729.